The van der Waals surface area contributed by atoms with Crippen LogP contribution in [0.25, 0.3) is 0 Å². The Morgan fingerprint density at radius 1 is 1.30 bits per heavy atom. The molecule has 0 aliphatic carbocycles. The quantitative estimate of drug-likeness (QED) is 0.451. The molecule has 0 aliphatic heterocycles. The smallest absolute Gasteiger partial charge is 0.243 e. The van der Waals surface area contributed by atoms with Gasteiger partial charge in [-0.25, -0.2) is 4.99 Å². The van der Waals surface area contributed by atoms with E-state index in [4.69, 9.17) is 0 Å². The Kier molecular flexibility index (Phi) is 10.4. The lowest BCUT2D eigenvalue weighted by molar-refractivity contribution is -0.127. The second-order valence-corrected chi connectivity index (χ2v) is 7.54. The molecule has 27 heavy (non-hydrogen) atoms. The molecule has 8 heteroatoms. The van der Waals surface area contributed by atoms with Crippen LogP contribution in [0.5, 0.6) is 0 Å². The van der Waals surface area contributed by atoms with E-state index in [1.165, 1.54) is 12.8 Å². The summed E-state index contributed by atoms with van der Waals surface area (Å²) in [6.45, 7) is 10.3. The molecule has 1 heterocycles. The summed E-state index contributed by atoms with van der Waals surface area (Å²) < 4.78 is 2.03. The minimum absolute atomic E-state index is 0.0179. The Morgan fingerprint density at radius 3 is 2.67 bits per heavy atom. The fourth-order valence-electron chi connectivity index (χ4n) is 2.61. The van der Waals surface area contributed by atoms with E-state index in [0.717, 1.165) is 31.1 Å². The van der Waals surface area contributed by atoms with Gasteiger partial charge in [0.1, 0.15) is 18.7 Å². The number of rotatable bonds is 11. The SMILES string of the molecule is CCc1nncn1CCNC(=NCC(=O)N(C)C)NC(C)CCCC(C)C. The monoisotopic (exact) mass is 379 g/mol. The molecule has 0 saturated carbocycles. The third kappa shape index (κ3) is 9.40. The van der Waals surface area contributed by atoms with Crippen molar-refractivity contribution in [2.75, 3.05) is 27.2 Å². The molecule has 154 valence electrons. The number of hydrogen-bond donors (Lipinski definition) is 2. The summed E-state index contributed by atoms with van der Waals surface area (Å²) in [5, 5.41) is 14.8. The molecule has 0 bridgehead atoms. The van der Waals surface area contributed by atoms with Crippen LogP contribution in [0.3, 0.4) is 0 Å². The van der Waals surface area contributed by atoms with Crippen molar-refractivity contribution in [2.24, 2.45) is 10.9 Å². The fraction of sp³-hybridized carbons (Fsp3) is 0.789. The highest BCUT2D eigenvalue weighted by Gasteiger charge is 2.09. The predicted octanol–water partition coefficient (Wildman–Crippen LogP) is 1.68. The van der Waals surface area contributed by atoms with E-state index in [9.17, 15) is 4.79 Å². The first-order valence-electron chi connectivity index (χ1n) is 9.95. The van der Waals surface area contributed by atoms with Crippen molar-refractivity contribution in [3.63, 3.8) is 0 Å². The predicted molar refractivity (Wildman–Crippen MR) is 110 cm³/mol. The van der Waals surface area contributed by atoms with Gasteiger partial charge in [-0.2, -0.15) is 0 Å². The van der Waals surface area contributed by atoms with E-state index in [-0.39, 0.29) is 12.5 Å². The lowest BCUT2D eigenvalue weighted by Gasteiger charge is -2.19. The highest BCUT2D eigenvalue weighted by Crippen LogP contribution is 2.08. The van der Waals surface area contributed by atoms with Gasteiger partial charge in [0.2, 0.25) is 5.91 Å². The van der Waals surface area contributed by atoms with E-state index in [1.54, 1.807) is 25.3 Å². The van der Waals surface area contributed by atoms with E-state index in [1.807, 2.05) is 4.57 Å². The van der Waals surface area contributed by atoms with E-state index in [0.29, 0.717) is 18.5 Å². The molecule has 1 aromatic heterocycles. The van der Waals surface area contributed by atoms with Crippen LogP contribution in [0.1, 0.15) is 52.8 Å². The molecule has 1 amide bonds. The third-order valence-electron chi connectivity index (χ3n) is 4.33. The van der Waals surface area contributed by atoms with Crippen LogP contribution >= 0.6 is 0 Å². The molecule has 0 aliphatic rings. The molecule has 1 rings (SSSR count). The molecule has 8 nitrogen and oxygen atoms in total. The van der Waals surface area contributed by atoms with Crippen molar-refractivity contribution < 1.29 is 4.79 Å². The summed E-state index contributed by atoms with van der Waals surface area (Å²) >= 11 is 0. The Morgan fingerprint density at radius 2 is 2.04 bits per heavy atom. The Labute approximate surface area is 163 Å². The zero-order valence-corrected chi connectivity index (χ0v) is 17.8. The number of carbonyl (C=O) groups is 1. The van der Waals surface area contributed by atoms with Crippen LogP contribution in [0.2, 0.25) is 0 Å². The number of guanidine groups is 1. The van der Waals surface area contributed by atoms with Gasteiger partial charge in [0, 0.05) is 39.6 Å². The maximum atomic E-state index is 11.9. The molecule has 0 radical (unpaired) electrons. The van der Waals surface area contributed by atoms with Crippen molar-refractivity contribution in [1.29, 1.82) is 0 Å². The average Bonchev–Trinajstić information content (AvgIpc) is 3.06. The first-order valence-corrected chi connectivity index (χ1v) is 9.95. The zero-order chi connectivity index (χ0) is 20.2. The number of aliphatic imine (C=N–C) groups is 1. The number of nitrogens with one attached hydrogen (secondary N) is 2. The van der Waals surface area contributed by atoms with Gasteiger partial charge in [-0.3, -0.25) is 4.79 Å². The van der Waals surface area contributed by atoms with Crippen molar-refractivity contribution >= 4 is 11.9 Å². The number of likely N-dealkylation sites (N-methyl/N-ethyl adjacent to an activating group) is 1. The summed E-state index contributed by atoms with van der Waals surface area (Å²) in [5.74, 6) is 2.34. The molecule has 0 spiro atoms. The van der Waals surface area contributed by atoms with Crippen LogP contribution in [-0.2, 0) is 17.8 Å². The van der Waals surface area contributed by atoms with E-state index < -0.39 is 0 Å². The molecule has 1 aromatic rings. The molecule has 0 aromatic carbocycles. The van der Waals surface area contributed by atoms with Crippen LogP contribution in [0, 0.1) is 5.92 Å². The van der Waals surface area contributed by atoms with Gasteiger partial charge in [-0.15, -0.1) is 10.2 Å². The topological polar surface area (TPSA) is 87.4 Å². The second kappa shape index (κ2) is 12.3. The number of hydrogen-bond acceptors (Lipinski definition) is 4. The molecular weight excluding hydrogens is 342 g/mol. The lowest BCUT2D eigenvalue weighted by Crippen LogP contribution is -2.44. The van der Waals surface area contributed by atoms with Crippen LogP contribution in [0.4, 0.5) is 0 Å². The maximum Gasteiger partial charge on any atom is 0.243 e. The zero-order valence-electron chi connectivity index (χ0n) is 17.8. The fourth-order valence-corrected chi connectivity index (χ4v) is 2.61. The van der Waals surface area contributed by atoms with Gasteiger partial charge in [0.05, 0.1) is 0 Å². The van der Waals surface area contributed by atoms with Crippen molar-refractivity contribution in [2.45, 2.75) is 66.0 Å². The van der Waals surface area contributed by atoms with E-state index >= 15 is 0 Å². The van der Waals surface area contributed by atoms with Crippen molar-refractivity contribution in [1.82, 2.24) is 30.3 Å². The number of nitrogens with zero attached hydrogens (tertiary/aromatic N) is 5. The Hall–Kier alpha value is -2.12. The number of amides is 1. The minimum Gasteiger partial charge on any atom is -0.355 e. The number of aryl methyl sites for hydroxylation is 1. The Bertz CT molecular complexity index is 580. The van der Waals surface area contributed by atoms with Crippen LogP contribution in [0.15, 0.2) is 11.3 Å². The summed E-state index contributed by atoms with van der Waals surface area (Å²) in [4.78, 5) is 17.9. The number of aromatic nitrogens is 3. The van der Waals surface area contributed by atoms with Gasteiger partial charge in [-0.1, -0.05) is 33.6 Å². The third-order valence-corrected chi connectivity index (χ3v) is 4.33. The summed E-state index contributed by atoms with van der Waals surface area (Å²) in [7, 11) is 3.48. The standard InChI is InChI=1S/C19H37N7O/c1-7-17-24-22-14-26(17)12-11-20-19(21-13-18(27)25(5)6)23-16(4)10-8-9-15(2)3/h14-16H,7-13H2,1-6H3,(H2,20,21,23). The van der Waals surface area contributed by atoms with Gasteiger partial charge in [-0.05, 0) is 19.3 Å². The highest BCUT2D eigenvalue weighted by atomic mass is 16.2. The van der Waals surface area contributed by atoms with Crippen LogP contribution < -0.4 is 10.6 Å². The van der Waals surface area contributed by atoms with E-state index in [2.05, 4.69) is 53.5 Å². The van der Waals surface area contributed by atoms with Gasteiger partial charge >= 0.3 is 0 Å². The van der Waals surface area contributed by atoms with Gasteiger partial charge < -0.3 is 20.1 Å². The molecule has 2 N–H and O–H groups in total. The summed E-state index contributed by atoms with van der Waals surface area (Å²) in [6, 6.07) is 0.297. The first kappa shape index (κ1) is 22.9. The minimum atomic E-state index is -0.0179. The lowest BCUT2D eigenvalue weighted by atomic mass is 10.0. The molecular formula is C19H37N7O. The molecule has 1 atom stereocenters. The van der Waals surface area contributed by atoms with Gasteiger partial charge in [0.25, 0.3) is 0 Å². The molecule has 0 saturated heterocycles. The average molecular weight is 380 g/mol. The largest absolute Gasteiger partial charge is 0.355 e. The normalized spacial score (nSPS) is 12.9. The van der Waals surface area contributed by atoms with Crippen molar-refractivity contribution in [3.05, 3.63) is 12.2 Å². The second-order valence-electron chi connectivity index (χ2n) is 7.54. The molecule has 0 fully saturated rings. The first-order chi connectivity index (χ1) is 12.8. The Balaban J connectivity index is 2.58. The highest BCUT2D eigenvalue weighted by molar-refractivity contribution is 5.84. The maximum absolute atomic E-state index is 11.9. The van der Waals surface area contributed by atoms with Crippen LogP contribution in [-0.4, -0.2) is 64.8 Å². The van der Waals surface area contributed by atoms with Gasteiger partial charge in [0.15, 0.2) is 5.96 Å². The summed E-state index contributed by atoms with van der Waals surface area (Å²) in [6.07, 6.45) is 6.07. The number of carbonyl (C=O) groups excluding carboxylic acids is 1. The summed E-state index contributed by atoms with van der Waals surface area (Å²) in [5.41, 5.74) is 0. The molecule has 1 unspecified atom stereocenters. The van der Waals surface area contributed by atoms with Crippen molar-refractivity contribution in [3.8, 4) is 0 Å².